The van der Waals surface area contributed by atoms with Gasteiger partial charge >= 0.3 is 0 Å². The van der Waals surface area contributed by atoms with E-state index in [1.165, 1.54) is 14.2 Å². The van der Waals surface area contributed by atoms with Crippen LogP contribution in [-0.2, 0) is 19.1 Å². The minimum atomic E-state index is -0.361. The van der Waals surface area contributed by atoms with Crippen LogP contribution in [0.15, 0.2) is 22.7 Å². The first kappa shape index (κ1) is 14.5. The first-order chi connectivity index (χ1) is 8.31. The van der Waals surface area contributed by atoms with Crippen molar-refractivity contribution < 1.29 is 19.1 Å². The van der Waals surface area contributed by atoms with E-state index in [0.717, 1.165) is 6.42 Å². The number of carbonyl (C=O) groups excluding carboxylic acids is 2. The van der Waals surface area contributed by atoms with Gasteiger partial charge < -0.3 is 9.47 Å². The van der Waals surface area contributed by atoms with Crippen molar-refractivity contribution in [3.63, 3.8) is 0 Å². The van der Waals surface area contributed by atoms with Crippen molar-refractivity contribution in [1.29, 1.82) is 0 Å². The molecule has 0 spiro atoms. The summed E-state index contributed by atoms with van der Waals surface area (Å²) in [6.45, 7) is 7.54. The standard InChI is InChI=1S/C14H20O4/c1-7-14(3,4)9-8(2)10(15)12(17-5)13(18-6)11(9)16/h7H2,1-6H3. The van der Waals surface area contributed by atoms with Crippen LogP contribution in [0.5, 0.6) is 0 Å². The van der Waals surface area contributed by atoms with Crippen LogP contribution in [-0.4, -0.2) is 25.8 Å². The van der Waals surface area contributed by atoms with E-state index in [1.807, 2.05) is 20.8 Å². The van der Waals surface area contributed by atoms with Crippen molar-refractivity contribution >= 4 is 11.6 Å². The summed E-state index contributed by atoms with van der Waals surface area (Å²) >= 11 is 0. The zero-order valence-electron chi connectivity index (χ0n) is 11.8. The highest BCUT2D eigenvalue weighted by Crippen LogP contribution is 2.38. The highest BCUT2D eigenvalue weighted by molar-refractivity contribution is 6.23. The molecule has 0 saturated heterocycles. The molecule has 0 N–H and O–H groups in total. The maximum atomic E-state index is 12.4. The van der Waals surface area contributed by atoms with Gasteiger partial charge in [0, 0.05) is 11.1 Å². The Morgan fingerprint density at radius 1 is 1.00 bits per heavy atom. The van der Waals surface area contributed by atoms with Gasteiger partial charge in [0.15, 0.2) is 0 Å². The Morgan fingerprint density at radius 2 is 1.44 bits per heavy atom. The molecule has 0 radical (unpaired) electrons. The van der Waals surface area contributed by atoms with Gasteiger partial charge in [0.2, 0.25) is 23.1 Å². The maximum absolute atomic E-state index is 12.4. The first-order valence-electron chi connectivity index (χ1n) is 5.94. The molecule has 4 heteroatoms. The van der Waals surface area contributed by atoms with Crippen molar-refractivity contribution in [2.45, 2.75) is 34.1 Å². The Morgan fingerprint density at radius 3 is 1.83 bits per heavy atom. The lowest BCUT2D eigenvalue weighted by atomic mass is 9.74. The van der Waals surface area contributed by atoms with Crippen LogP contribution in [0.3, 0.4) is 0 Å². The summed E-state index contributed by atoms with van der Waals surface area (Å²) in [5.74, 6) is -0.524. The third-order valence-electron chi connectivity index (χ3n) is 3.53. The van der Waals surface area contributed by atoms with Crippen LogP contribution in [0.4, 0.5) is 0 Å². The van der Waals surface area contributed by atoms with Gasteiger partial charge in [-0.05, 0) is 18.8 Å². The molecule has 0 bridgehead atoms. The second kappa shape index (κ2) is 4.96. The van der Waals surface area contributed by atoms with Crippen LogP contribution in [0.2, 0.25) is 0 Å². The lowest BCUT2D eigenvalue weighted by Gasteiger charge is -2.30. The van der Waals surface area contributed by atoms with Gasteiger partial charge in [-0.1, -0.05) is 20.8 Å². The lowest BCUT2D eigenvalue weighted by molar-refractivity contribution is -0.121. The van der Waals surface area contributed by atoms with E-state index in [-0.39, 0.29) is 28.5 Å². The minimum absolute atomic E-state index is 0.00402. The molecule has 18 heavy (non-hydrogen) atoms. The number of hydrogen-bond acceptors (Lipinski definition) is 4. The second-order valence-corrected chi connectivity index (χ2v) is 4.96. The van der Waals surface area contributed by atoms with Gasteiger partial charge in [0.1, 0.15) is 0 Å². The zero-order valence-corrected chi connectivity index (χ0v) is 11.8. The van der Waals surface area contributed by atoms with Gasteiger partial charge in [0.25, 0.3) is 0 Å². The summed E-state index contributed by atoms with van der Waals surface area (Å²) in [6, 6.07) is 0. The van der Waals surface area contributed by atoms with E-state index in [4.69, 9.17) is 9.47 Å². The molecule has 0 aliphatic heterocycles. The van der Waals surface area contributed by atoms with Crippen LogP contribution >= 0.6 is 0 Å². The quantitative estimate of drug-likeness (QED) is 0.721. The molecule has 1 aliphatic carbocycles. The molecular formula is C14H20O4. The zero-order chi connectivity index (χ0) is 14.1. The summed E-state index contributed by atoms with van der Waals surface area (Å²) < 4.78 is 10.0. The van der Waals surface area contributed by atoms with Crippen molar-refractivity contribution in [3.8, 4) is 0 Å². The Kier molecular flexibility index (Phi) is 3.99. The highest BCUT2D eigenvalue weighted by atomic mass is 16.5. The summed E-state index contributed by atoms with van der Waals surface area (Å²) in [7, 11) is 2.74. The Balaban J connectivity index is 3.45. The molecule has 0 aromatic heterocycles. The largest absolute Gasteiger partial charge is 0.489 e. The molecule has 0 aromatic carbocycles. The number of hydrogen-bond donors (Lipinski definition) is 0. The van der Waals surface area contributed by atoms with E-state index in [9.17, 15) is 9.59 Å². The average molecular weight is 252 g/mol. The molecule has 0 atom stereocenters. The lowest BCUT2D eigenvalue weighted by Crippen LogP contribution is -2.32. The fourth-order valence-corrected chi connectivity index (χ4v) is 2.14. The summed E-state index contributed by atoms with van der Waals surface area (Å²) in [6.07, 6.45) is 0.762. The number of Topliss-reactive ketones (excluding diaryl/α,β-unsaturated/α-hetero) is 2. The third kappa shape index (κ3) is 2.07. The number of ketones is 2. The molecule has 0 amide bonds. The average Bonchev–Trinajstić information content (AvgIpc) is 2.33. The molecule has 0 saturated carbocycles. The minimum Gasteiger partial charge on any atom is -0.489 e. The number of allylic oxidation sites excluding steroid dienone is 2. The Labute approximate surface area is 108 Å². The highest BCUT2D eigenvalue weighted by Gasteiger charge is 2.40. The van der Waals surface area contributed by atoms with Gasteiger partial charge in [0.05, 0.1) is 14.2 Å². The number of ether oxygens (including phenoxy) is 2. The maximum Gasteiger partial charge on any atom is 0.228 e. The van der Waals surface area contributed by atoms with E-state index in [2.05, 4.69) is 0 Å². The van der Waals surface area contributed by atoms with E-state index in [1.54, 1.807) is 6.92 Å². The Bertz CT molecular complexity index is 452. The topological polar surface area (TPSA) is 52.6 Å². The molecule has 1 aliphatic rings. The fourth-order valence-electron chi connectivity index (χ4n) is 2.14. The molecule has 4 nitrogen and oxygen atoms in total. The molecule has 0 heterocycles. The molecular weight excluding hydrogens is 232 g/mol. The SMILES string of the molecule is CCC(C)(C)C1=C(C)C(=O)C(OC)=C(OC)C1=O. The van der Waals surface area contributed by atoms with Gasteiger partial charge in [-0.3, -0.25) is 9.59 Å². The van der Waals surface area contributed by atoms with Crippen molar-refractivity contribution in [2.24, 2.45) is 5.41 Å². The van der Waals surface area contributed by atoms with Crippen LogP contribution in [0, 0.1) is 5.41 Å². The molecule has 1 rings (SSSR count). The van der Waals surface area contributed by atoms with Crippen molar-refractivity contribution in [1.82, 2.24) is 0 Å². The summed E-state index contributed by atoms with van der Waals surface area (Å²) in [4.78, 5) is 24.6. The van der Waals surface area contributed by atoms with Gasteiger partial charge in [-0.2, -0.15) is 0 Å². The Hall–Kier alpha value is -1.58. The predicted molar refractivity (Wildman–Crippen MR) is 67.8 cm³/mol. The van der Waals surface area contributed by atoms with Crippen LogP contribution in [0.25, 0.3) is 0 Å². The van der Waals surface area contributed by atoms with Crippen molar-refractivity contribution in [2.75, 3.05) is 14.2 Å². The molecule has 0 fully saturated rings. The van der Waals surface area contributed by atoms with Crippen LogP contribution < -0.4 is 0 Å². The van der Waals surface area contributed by atoms with E-state index >= 15 is 0 Å². The van der Waals surface area contributed by atoms with Crippen molar-refractivity contribution in [3.05, 3.63) is 22.7 Å². The van der Waals surface area contributed by atoms with Gasteiger partial charge in [-0.15, -0.1) is 0 Å². The van der Waals surface area contributed by atoms with Crippen LogP contribution in [0.1, 0.15) is 34.1 Å². The molecule has 0 unspecified atom stereocenters. The normalized spacial score (nSPS) is 17.4. The monoisotopic (exact) mass is 252 g/mol. The number of carbonyl (C=O) groups is 2. The van der Waals surface area contributed by atoms with E-state index < -0.39 is 0 Å². The fraction of sp³-hybridized carbons (Fsp3) is 0.571. The summed E-state index contributed by atoms with van der Waals surface area (Å²) in [5, 5.41) is 0. The number of rotatable bonds is 4. The third-order valence-corrected chi connectivity index (χ3v) is 3.53. The van der Waals surface area contributed by atoms with E-state index in [0.29, 0.717) is 11.1 Å². The molecule has 0 aromatic rings. The first-order valence-corrected chi connectivity index (χ1v) is 5.94. The molecule has 100 valence electrons. The van der Waals surface area contributed by atoms with Gasteiger partial charge in [-0.25, -0.2) is 0 Å². The summed E-state index contributed by atoms with van der Waals surface area (Å²) in [5.41, 5.74) is 0.608. The smallest absolute Gasteiger partial charge is 0.228 e. The number of methoxy groups -OCH3 is 2. The second-order valence-electron chi connectivity index (χ2n) is 4.96. The predicted octanol–water partition coefficient (Wildman–Crippen LogP) is 2.40.